The molecule has 10 nitrogen and oxygen atoms in total. The summed E-state index contributed by atoms with van der Waals surface area (Å²) in [5.74, 6) is -0.253. The van der Waals surface area contributed by atoms with Crippen molar-refractivity contribution in [2.75, 3.05) is 5.32 Å². The number of hydrogen-bond donors (Lipinski definition) is 1. The van der Waals surface area contributed by atoms with Crippen molar-refractivity contribution in [3.8, 4) is 11.8 Å². The average molecular weight is 379 g/mol. The SMILES string of the molecule is Cc1nn(C(C)C(=O)Nc2c(C#N)cnn2-c2ccccc2)c(C)c1[N+](=O)[O-]. The van der Waals surface area contributed by atoms with Crippen LogP contribution in [-0.2, 0) is 4.79 Å². The van der Waals surface area contributed by atoms with Crippen LogP contribution in [0.3, 0.4) is 0 Å². The van der Waals surface area contributed by atoms with Crippen LogP contribution >= 0.6 is 0 Å². The van der Waals surface area contributed by atoms with E-state index in [4.69, 9.17) is 0 Å². The normalized spacial score (nSPS) is 11.6. The lowest BCUT2D eigenvalue weighted by Crippen LogP contribution is -2.26. The molecule has 2 heterocycles. The highest BCUT2D eigenvalue weighted by molar-refractivity contribution is 5.94. The minimum atomic E-state index is -0.835. The summed E-state index contributed by atoms with van der Waals surface area (Å²) >= 11 is 0. The minimum Gasteiger partial charge on any atom is -0.308 e. The smallest absolute Gasteiger partial charge is 0.308 e. The molecule has 1 amide bonds. The van der Waals surface area contributed by atoms with Gasteiger partial charge in [0.05, 0.1) is 16.8 Å². The van der Waals surface area contributed by atoms with Gasteiger partial charge in [-0.1, -0.05) is 18.2 Å². The lowest BCUT2D eigenvalue weighted by atomic mass is 10.2. The zero-order chi connectivity index (χ0) is 20.4. The van der Waals surface area contributed by atoms with Gasteiger partial charge in [0, 0.05) is 0 Å². The van der Waals surface area contributed by atoms with Gasteiger partial charge in [0.1, 0.15) is 29.1 Å². The molecule has 1 atom stereocenters. The Morgan fingerprint density at radius 2 is 2.00 bits per heavy atom. The third-order valence-corrected chi connectivity index (χ3v) is 4.35. The monoisotopic (exact) mass is 379 g/mol. The zero-order valence-electron chi connectivity index (χ0n) is 15.4. The Balaban J connectivity index is 1.94. The molecule has 28 heavy (non-hydrogen) atoms. The summed E-state index contributed by atoms with van der Waals surface area (Å²) in [6, 6.07) is 10.2. The lowest BCUT2D eigenvalue weighted by Gasteiger charge is -2.15. The van der Waals surface area contributed by atoms with Crippen LogP contribution in [0, 0.1) is 35.3 Å². The van der Waals surface area contributed by atoms with Crippen molar-refractivity contribution in [2.45, 2.75) is 26.8 Å². The zero-order valence-corrected chi connectivity index (χ0v) is 15.4. The third kappa shape index (κ3) is 3.21. The molecule has 0 bridgehead atoms. The fraction of sp³-hybridized carbons (Fsp3) is 0.222. The molecule has 1 aromatic carbocycles. The van der Waals surface area contributed by atoms with Gasteiger partial charge in [0.2, 0.25) is 5.91 Å². The molecule has 0 radical (unpaired) electrons. The average Bonchev–Trinajstić information content (AvgIpc) is 3.21. The predicted octanol–water partition coefficient (Wildman–Crippen LogP) is 2.67. The second kappa shape index (κ2) is 7.32. The van der Waals surface area contributed by atoms with E-state index >= 15 is 0 Å². The highest BCUT2D eigenvalue weighted by Crippen LogP contribution is 2.26. The maximum atomic E-state index is 12.8. The summed E-state index contributed by atoms with van der Waals surface area (Å²) in [6.45, 7) is 4.63. The first-order chi connectivity index (χ1) is 13.3. The quantitative estimate of drug-likeness (QED) is 0.535. The van der Waals surface area contributed by atoms with Crippen molar-refractivity contribution in [3.63, 3.8) is 0 Å². The lowest BCUT2D eigenvalue weighted by molar-refractivity contribution is -0.386. The number of carbonyl (C=O) groups is 1. The molecule has 0 aliphatic heterocycles. The number of amides is 1. The number of benzene rings is 1. The van der Waals surface area contributed by atoms with Gasteiger partial charge in [-0.3, -0.25) is 19.6 Å². The van der Waals surface area contributed by atoms with E-state index in [0.29, 0.717) is 5.69 Å². The van der Waals surface area contributed by atoms with E-state index in [0.717, 1.165) is 0 Å². The highest BCUT2D eigenvalue weighted by Gasteiger charge is 2.28. The number of hydrogen-bond acceptors (Lipinski definition) is 6. The van der Waals surface area contributed by atoms with Crippen LogP contribution in [0.4, 0.5) is 11.5 Å². The van der Waals surface area contributed by atoms with E-state index in [-0.39, 0.29) is 28.5 Å². The molecule has 3 aromatic rings. The largest absolute Gasteiger partial charge is 0.312 e. The van der Waals surface area contributed by atoms with Crippen molar-refractivity contribution >= 4 is 17.4 Å². The third-order valence-electron chi connectivity index (χ3n) is 4.35. The molecule has 10 heteroatoms. The van der Waals surface area contributed by atoms with Crippen molar-refractivity contribution in [3.05, 3.63) is 63.6 Å². The Bertz CT molecular complexity index is 1090. The number of aromatic nitrogens is 4. The molecule has 0 saturated carbocycles. The number of carbonyl (C=O) groups excluding carboxylic acids is 1. The Kier molecular flexibility index (Phi) is 4.91. The van der Waals surface area contributed by atoms with Gasteiger partial charge in [0.15, 0.2) is 5.82 Å². The summed E-state index contributed by atoms with van der Waals surface area (Å²) in [7, 11) is 0. The Labute approximate surface area is 160 Å². The standard InChI is InChI=1S/C18H17N7O3/c1-11-16(25(27)28)12(2)23(22-11)13(3)18(26)21-17-14(9-19)10-20-24(17)15-7-5-4-6-8-15/h4-8,10,13H,1-3H3,(H,21,26). The Morgan fingerprint density at radius 3 is 2.57 bits per heavy atom. The van der Waals surface area contributed by atoms with Gasteiger partial charge in [0.25, 0.3) is 0 Å². The first-order valence-electron chi connectivity index (χ1n) is 8.39. The molecule has 0 aliphatic rings. The predicted molar refractivity (Wildman–Crippen MR) is 100.0 cm³/mol. The second-order valence-corrected chi connectivity index (χ2v) is 6.15. The van der Waals surface area contributed by atoms with E-state index in [2.05, 4.69) is 15.5 Å². The molecule has 142 valence electrons. The number of para-hydroxylation sites is 1. The molecule has 3 rings (SSSR count). The minimum absolute atomic E-state index is 0.119. The van der Waals surface area contributed by atoms with Crippen molar-refractivity contribution in [2.24, 2.45) is 0 Å². The van der Waals surface area contributed by atoms with Crippen LogP contribution in [0.2, 0.25) is 0 Å². The fourth-order valence-corrected chi connectivity index (χ4v) is 2.94. The van der Waals surface area contributed by atoms with E-state index in [9.17, 15) is 20.2 Å². The summed E-state index contributed by atoms with van der Waals surface area (Å²) in [6.07, 6.45) is 1.36. The maximum absolute atomic E-state index is 12.8. The fourth-order valence-electron chi connectivity index (χ4n) is 2.94. The molecular weight excluding hydrogens is 362 g/mol. The van der Waals surface area contributed by atoms with E-state index < -0.39 is 16.9 Å². The molecule has 0 fully saturated rings. The highest BCUT2D eigenvalue weighted by atomic mass is 16.6. The first-order valence-corrected chi connectivity index (χ1v) is 8.39. The topological polar surface area (TPSA) is 132 Å². The number of anilines is 1. The van der Waals surface area contributed by atoms with Crippen LogP contribution in [0.15, 0.2) is 36.5 Å². The number of aryl methyl sites for hydroxylation is 1. The van der Waals surface area contributed by atoms with Crippen LogP contribution in [0.25, 0.3) is 5.69 Å². The molecule has 2 aromatic heterocycles. The van der Waals surface area contributed by atoms with E-state index in [1.807, 2.05) is 24.3 Å². The summed E-state index contributed by atoms with van der Waals surface area (Å²) in [5.41, 5.74) is 1.26. The first kappa shape index (κ1) is 18.8. The van der Waals surface area contributed by atoms with E-state index in [1.165, 1.54) is 29.4 Å². The van der Waals surface area contributed by atoms with Crippen molar-refractivity contribution in [1.29, 1.82) is 5.26 Å². The Hall–Kier alpha value is -4.00. The maximum Gasteiger partial charge on any atom is 0.312 e. The van der Waals surface area contributed by atoms with Crippen LogP contribution in [0.1, 0.15) is 29.9 Å². The molecular formula is C18H17N7O3. The van der Waals surface area contributed by atoms with Crippen molar-refractivity contribution < 1.29 is 9.72 Å². The van der Waals surface area contributed by atoms with Crippen LogP contribution < -0.4 is 5.32 Å². The second-order valence-electron chi connectivity index (χ2n) is 6.15. The number of rotatable bonds is 5. The van der Waals surface area contributed by atoms with E-state index in [1.54, 1.807) is 19.1 Å². The van der Waals surface area contributed by atoms with Crippen LogP contribution in [-0.4, -0.2) is 30.4 Å². The van der Waals surface area contributed by atoms with Gasteiger partial charge in [-0.2, -0.15) is 15.5 Å². The molecule has 0 saturated heterocycles. The van der Waals surface area contributed by atoms with Gasteiger partial charge in [-0.25, -0.2) is 4.68 Å². The van der Waals surface area contributed by atoms with Gasteiger partial charge in [-0.05, 0) is 32.9 Å². The van der Waals surface area contributed by atoms with Crippen LogP contribution in [0.5, 0.6) is 0 Å². The summed E-state index contributed by atoms with van der Waals surface area (Å²) in [5, 5.41) is 31.5. The summed E-state index contributed by atoms with van der Waals surface area (Å²) in [4.78, 5) is 23.5. The molecule has 0 aliphatic carbocycles. The van der Waals surface area contributed by atoms with Gasteiger partial charge in [-0.15, -0.1) is 0 Å². The number of nitrogens with one attached hydrogen (secondary N) is 1. The number of nitrogens with zero attached hydrogens (tertiary/aromatic N) is 6. The van der Waals surface area contributed by atoms with Crippen molar-refractivity contribution in [1.82, 2.24) is 19.6 Å². The van der Waals surface area contributed by atoms with Gasteiger partial charge >= 0.3 is 5.69 Å². The van der Waals surface area contributed by atoms with Gasteiger partial charge < -0.3 is 5.32 Å². The number of nitro groups is 1. The molecule has 1 N–H and O–H groups in total. The molecule has 0 spiro atoms. The Morgan fingerprint density at radius 1 is 1.32 bits per heavy atom. The summed E-state index contributed by atoms with van der Waals surface area (Å²) < 4.78 is 2.75. The number of nitriles is 1. The molecule has 1 unspecified atom stereocenters.